The van der Waals surface area contributed by atoms with Gasteiger partial charge in [0.1, 0.15) is 66.5 Å². The first-order valence-corrected chi connectivity index (χ1v) is 38.2. The fourth-order valence-electron chi connectivity index (χ4n) is 12.9. The van der Waals surface area contributed by atoms with Crippen LogP contribution in [0.3, 0.4) is 0 Å². The molecule has 0 aromatic carbocycles. The first-order chi connectivity index (χ1) is 46.9. The van der Waals surface area contributed by atoms with E-state index in [1.54, 1.807) is 48.5 Å². The lowest BCUT2D eigenvalue weighted by molar-refractivity contribution is -0.157. The number of amides is 11. The van der Waals surface area contributed by atoms with Crippen LogP contribution in [0.5, 0.6) is 0 Å². The third-order valence-electron chi connectivity index (χ3n) is 19.4. The first kappa shape index (κ1) is 91.0. The molecular formula is C71H130N12O17S. The van der Waals surface area contributed by atoms with Gasteiger partial charge >= 0.3 is 0 Å². The Hall–Kier alpha value is -6.08. The number of carbonyl (C=O) groups is 11. The van der Waals surface area contributed by atoms with Crippen molar-refractivity contribution >= 4 is 75.1 Å². The van der Waals surface area contributed by atoms with Crippen molar-refractivity contribution < 1.29 is 79.9 Å². The predicted molar refractivity (Wildman–Crippen MR) is 385 cm³/mol. The number of hydrogen-bond donors (Lipinski definition) is 5. The first-order valence-electron chi connectivity index (χ1n) is 36.4. The van der Waals surface area contributed by atoms with Crippen LogP contribution in [0.15, 0.2) is 0 Å². The summed E-state index contributed by atoms with van der Waals surface area (Å²) in [7, 11) is 6.06. The van der Waals surface area contributed by atoms with E-state index in [1.807, 2.05) is 41.5 Å². The topological polar surface area (TPSA) is 344 Å². The lowest BCUT2D eigenvalue weighted by Gasteiger charge is -2.41. The van der Waals surface area contributed by atoms with Gasteiger partial charge in [0.05, 0.1) is 38.3 Å². The molecule has 0 aromatic heterocycles. The molecule has 11 amide bonds. The summed E-state index contributed by atoms with van der Waals surface area (Å²) in [6, 6.07) is -14.6. The van der Waals surface area contributed by atoms with Crippen LogP contribution < -0.4 is 21.3 Å². The summed E-state index contributed by atoms with van der Waals surface area (Å²) in [6.07, 6.45) is 1.53. The van der Waals surface area contributed by atoms with Gasteiger partial charge in [0.15, 0.2) is 0 Å². The minimum absolute atomic E-state index is 0.0538. The molecule has 2 aliphatic heterocycles. The van der Waals surface area contributed by atoms with E-state index in [1.165, 1.54) is 89.7 Å². The molecule has 0 radical (unpaired) electrons. The van der Waals surface area contributed by atoms with E-state index in [0.29, 0.717) is 38.9 Å². The van der Waals surface area contributed by atoms with Crippen molar-refractivity contribution in [2.24, 2.45) is 35.5 Å². The van der Waals surface area contributed by atoms with E-state index in [2.05, 4.69) is 26.2 Å². The van der Waals surface area contributed by atoms with Gasteiger partial charge in [0.25, 0.3) is 10.1 Å². The van der Waals surface area contributed by atoms with E-state index in [4.69, 9.17) is 13.7 Å². The van der Waals surface area contributed by atoms with Crippen LogP contribution in [0.4, 0.5) is 0 Å². The molecule has 582 valence electrons. The molecule has 14 atom stereocenters. The molecule has 0 aromatic rings. The molecule has 5 N–H and O–H groups in total. The van der Waals surface area contributed by atoms with Gasteiger partial charge in [-0.1, -0.05) is 95.9 Å². The highest BCUT2D eigenvalue weighted by Gasteiger charge is 2.47. The molecular weight excluding hydrogens is 1320 g/mol. The number of carbonyl (C=O) groups excluding carboxylic acids is 11. The van der Waals surface area contributed by atoms with E-state index >= 15 is 28.8 Å². The summed E-state index contributed by atoms with van der Waals surface area (Å²) in [5, 5.41) is 23.5. The van der Waals surface area contributed by atoms with Gasteiger partial charge in [-0.25, -0.2) is 0 Å². The summed E-state index contributed by atoms with van der Waals surface area (Å²) in [4.78, 5) is 175. The van der Waals surface area contributed by atoms with Crippen molar-refractivity contribution in [3.63, 3.8) is 0 Å². The second-order valence-electron chi connectivity index (χ2n) is 30.1. The summed E-state index contributed by atoms with van der Waals surface area (Å²) >= 11 is 0. The van der Waals surface area contributed by atoms with Gasteiger partial charge in [-0.2, -0.15) is 8.42 Å². The monoisotopic (exact) mass is 1450 g/mol. The quantitative estimate of drug-likeness (QED) is 0.0648. The average Bonchev–Trinajstić information content (AvgIpc) is 0.803. The summed E-state index contributed by atoms with van der Waals surface area (Å²) in [5.41, 5.74) is 0. The molecule has 0 saturated carbocycles. The van der Waals surface area contributed by atoms with Crippen molar-refractivity contribution in [1.29, 1.82) is 0 Å². The molecule has 0 unspecified atom stereocenters. The number of hydrogen-bond acceptors (Lipinski definition) is 18. The molecule has 2 rings (SSSR count). The van der Waals surface area contributed by atoms with Crippen molar-refractivity contribution in [3.8, 4) is 0 Å². The molecule has 2 fully saturated rings. The molecule has 2 heterocycles. The maximum atomic E-state index is 15.4. The zero-order chi connectivity index (χ0) is 77.4. The zero-order valence-corrected chi connectivity index (χ0v) is 66.3. The van der Waals surface area contributed by atoms with E-state index in [9.17, 15) is 37.5 Å². The molecule has 2 aliphatic rings. The average molecular weight is 1460 g/mol. The van der Waals surface area contributed by atoms with Gasteiger partial charge in [-0.3, -0.25) is 61.8 Å². The van der Waals surface area contributed by atoms with Crippen molar-refractivity contribution in [1.82, 2.24) is 60.5 Å². The highest BCUT2D eigenvalue weighted by atomic mass is 32.2. The fourth-order valence-corrected chi connectivity index (χ4v) is 13.4. The molecule has 2 saturated heterocycles. The van der Waals surface area contributed by atoms with Gasteiger partial charge in [0.2, 0.25) is 65.0 Å². The number of rotatable bonds is 25. The third-order valence-corrected chi connectivity index (χ3v) is 20.0. The number of aliphatic hydroxyl groups is 1. The van der Waals surface area contributed by atoms with Crippen LogP contribution in [0.25, 0.3) is 0 Å². The minimum Gasteiger partial charge on any atom is -0.390 e. The van der Waals surface area contributed by atoms with Gasteiger partial charge < -0.3 is 70.1 Å². The second kappa shape index (κ2) is 42.6. The van der Waals surface area contributed by atoms with Gasteiger partial charge in [-0.05, 0) is 121 Å². The van der Waals surface area contributed by atoms with Crippen molar-refractivity contribution in [2.45, 2.75) is 254 Å². The number of nitrogens with one attached hydrogen (secondary N) is 4. The number of unbranched alkanes of at least 4 members (excludes halogenated alkanes) is 3. The number of aliphatic hydroxyl groups excluding tert-OH is 1. The van der Waals surface area contributed by atoms with Crippen LogP contribution in [-0.2, 0) is 76.5 Å². The van der Waals surface area contributed by atoms with Crippen LogP contribution in [0, 0.1) is 35.5 Å². The van der Waals surface area contributed by atoms with Gasteiger partial charge in [0, 0.05) is 69.0 Å². The summed E-state index contributed by atoms with van der Waals surface area (Å²) in [6.45, 7) is 30.9. The highest BCUT2D eigenvalue weighted by molar-refractivity contribution is 7.86. The molecule has 29 nitrogen and oxygen atoms in total. The molecule has 0 bridgehead atoms. The Balaban J connectivity index is 3.02. The smallest absolute Gasteiger partial charge is 0.264 e. The van der Waals surface area contributed by atoms with E-state index < -0.39 is 172 Å². The third kappa shape index (κ3) is 27.5. The van der Waals surface area contributed by atoms with Crippen LogP contribution in [0.2, 0.25) is 0 Å². The SMILES string of the molecule is CC[C@@H]1NC(=O)[C@H]([C@H](O)[C@H](C)CCCCCOS(C)(=O)=O)N(C)C(=O)[C@H](C(C)C)N(C)C(=O)[C@H](CC(C)C)N(C)C(=O)[C@H](CC(C)C)N(C)C(=O)[C@@H](C)NC(=O)[C@H](C)NC(=O)[C@H](CC(C)C)N(C)C(=O)[C@H](C(C)C)NC(=O)[C@H]([C@@H](C)OCCCCN2CCOCC2)N(C)C(=O)[C@@H](C)N(C)C1=O. The predicted octanol–water partition coefficient (Wildman–Crippen LogP) is 2.70. The number of nitrogens with zero attached hydrogens (tertiary/aromatic N) is 8. The molecule has 0 aliphatic carbocycles. The number of morpholine rings is 1. The minimum atomic E-state index is -3.69. The Morgan fingerprint density at radius 3 is 1.48 bits per heavy atom. The Labute approximate surface area is 603 Å². The summed E-state index contributed by atoms with van der Waals surface area (Å²) in [5.74, 6) is -10.6. The molecule has 0 spiro atoms. The number of ether oxygens (including phenoxy) is 2. The lowest BCUT2D eigenvalue weighted by atomic mass is 9.90. The largest absolute Gasteiger partial charge is 0.390 e. The zero-order valence-electron chi connectivity index (χ0n) is 65.5. The van der Waals surface area contributed by atoms with Crippen LogP contribution >= 0.6 is 0 Å². The van der Waals surface area contributed by atoms with Crippen molar-refractivity contribution in [3.05, 3.63) is 0 Å². The summed E-state index contributed by atoms with van der Waals surface area (Å²) < 4.78 is 40.1. The normalized spacial score (nSPS) is 26.7. The number of likely N-dealkylation sites (N-methyl/N-ethyl adjacent to an activating group) is 7. The molecule has 101 heavy (non-hydrogen) atoms. The Morgan fingerprint density at radius 2 is 0.960 bits per heavy atom. The maximum absolute atomic E-state index is 15.4. The van der Waals surface area contributed by atoms with Crippen LogP contribution in [-0.4, -0.2) is 298 Å². The van der Waals surface area contributed by atoms with Gasteiger partial charge in [-0.15, -0.1) is 0 Å². The van der Waals surface area contributed by atoms with E-state index in [-0.39, 0.29) is 63.1 Å². The standard InChI is InChI=1S/C71H130N12O17S/c1-25-52-67(91)76(17)50(15)66(90)81(22)58(51(16)99-35-30-28-32-83-33-37-98-38-34-83)63(87)75-56(45(8)9)70(94)77(18)53(39-42(2)3)62(86)72-48(13)61(85)73-49(14)65(89)78(19)54(40-43(4)5)68(92)79(20)55(41-44(6)7)69(93)80(21)57(46(10)11)71(95)82(23)59(64(88)74-52)60(84)47(12)31-27-26-29-36-100-101(24,96)97/h42-60,84H,25-41H2,1-24H3,(H,72,86)(H,73,85)(H,74,88)(H,75,87)/t47-,48+,49-,50-,51-,52+,53+,54+,55+,56+,57+,58+,59+,60-/m1/s1. The second-order valence-corrected chi connectivity index (χ2v) is 31.7. The Morgan fingerprint density at radius 1 is 0.485 bits per heavy atom. The van der Waals surface area contributed by atoms with Crippen LogP contribution in [0.1, 0.15) is 175 Å². The maximum Gasteiger partial charge on any atom is 0.264 e. The fraction of sp³-hybridized carbons (Fsp3) is 0.845. The Kier molecular flexibility index (Phi) is 38.4. The highest BCUT2D eigenvalue weighted by Crippen LogP contribution is 2.27. The van der Waals surface area contributed by atoms with Crippen molar-refractivity contribution in [2.75, 3.05) is 102 Å². The lowest BCUT2D eigenvalue weighted by Crippen LogP contribution is -2.64. The molecule has 30 heteroatoms. The van der Waals surface area contributed by atoms with E-state index in [0.717, 1.165) is 47.0 Å². The Bertz CT molecular complexity index is 2840.